The van der Waals surface area contributed by atoms with Crippen LogP contribution >= 0.6 is 23.6 Å². The number of thiocarbonyl (C=S) groups is 1. The summed E-state index contributed by atoms with van der Waals surface area (Å²) in [4.78, 5) is 71.2. The molecule has 2 aromatic carbocycles. The number of nitriles is 1. The van der Waals surface area contributed by atoms with E-state index in [-0.39, 0.29) is 48.1 Å². The topological polar surface area (TPSA) is 189 Å². The van der Waals surface area contributed by atoms with Crippen LogP contribution in [-0.2, 0) is 25.4 Å². The van der Waals surface area contributed by atoms with Gasteiger partial charge in [0, 0.05) is 38.0 Å². The number of rotatable bonds is 11. The molecular formula is C52H51F4N9O6S2. The fourth-order valence-electron chi connectivity index (χ4n) is 9.61. The van der Waals surface area contributed by atoms with Gasteiger partial charge in [0.2, 0.25) is 17.7 Å². The Bertz CT molecular complexity index is 3060. The van der Waals surface area contributed by atoms with E-state index in [4.69, 9.17) is 16.7 Å². The number of piperidine rings is 1. The lowest BCUT2D eigenvalue weighted by Gasteiger charge is -2.32. The summed E-state index contributed by atoms with van der Waals surface area (Å²) in [6.45, 7) is 11.1. The van der Waals surface area contributed by atoms with Crippen LogP contribution in [0.2, 0.25) is 0 Å². The van der Waals surface area contributed by atoms with Crippen LogP contribution in [0.25, 0.3) is 10.4 Å². The third-order valence-electron chi connectivity index (χ3n) is 13.5. The van der Waals surface area contributed by atoms with E-state index in [0.717, 1.165) is 28.3 Å². The molecule has 3 saturated heterocycles. The monoisotopic (exact) mass is 1040 g/mol. The number of aromatic nitrogens is 3. The van der Waals surface area contributed by atoms with Gasteiger partial charge in [-0.05, 0) is 100.0 Å². The van der Waals surface area contributed by atoms with E-state index < -0.39 is 70.3 Å². The highest BCUT2D eigenvalue weighted by Gasteiger charge is 2.52. The summed E-state index contributed by atoms with van der Waals surface area (Å²) in [5, 5.41) is 26.8. The molecule has 0 aliphatic carbocycles. The maximum Gasteiger partial charge on any atom is 0.420 e. The fourth-order valence-corrected chi connectivity index (χ4v) is 10.9. The molecule has 15 nitrogen and oxygen atoms in total. The number of anilines is 2. The number of aryl methyl sites for hydroxylation is 2. The van der Waals surface area contributed by atoms with Crippen molar-refractivity contribution in [2.24, 2.45) is 11.8 Å². The van der Waals surface area contributed by atoms with Crippen molar-refractivity contribution in [2.75, 3.05) is 29.4 Å². The quantitative estimate of drug-likeness (QED) is 0.0738. The molecule has 1 unspecified atom stereocenters. The summed E-state index contributed by atoms with van der Waals surface area (Å²) in [6, 6.07) is 13.7. The molecule has 2 N–H and O–H groups in total. The van der Waals surface area contributed by atoms with Gasteiger partial charge in [0.25, 0.3) is 5.91 Å². The van der Waals surface area contributed by atoms with Gasteiger partial charge in [0.15, 0.2) is 10.9 Å². The standard InChI is InChI=1S/C52H51F4N9O6S2/c1-28(2)43(41-21-29(3)61-71-41)48(69)63-26-37(66)22-40(63)47(68)60-38(32-8-10-33(11-9-32)46-30(4)59-27-73-46)23-42(67)62-19-17-31(18-20-62)7-13-35-14-15-36(25-58-35)65-50(72)64(49(70)51(65,5)6)39-16-12-34(24-57)44(45(39)53)52(54,55)56/h8-12,14-16,21,25,27-28,31,37-38,40,43,66H,17-20,22-23,26H2,1-6H3,(H,60,68)/t37-,38+,40+,43?/m1/s1. The van der Waals surface area contributed by atoms with Crippen LogP contribution in [0.5, 0.6) is 0 Å². The zero-order valence-corrected chi connectivity index (χ0v) is 42.3. The summed E-state index contributed by atoms with van der Waals surface area (Å²) in [7, 11) is 0. The lowest BCUT2D eigenvalue weighted by molar-refractivity contribution is -0.141. The minimum atomic E-state index is -5.21. The van der Waals surface area contributed by atoms with E-state index >= 15 is 4.39 Å². The largest absolute Gasteiger partial charge is 0.420 e. The summed E-state index contributed by atoms with van der Waals surface area (Å²) in [5.41, 5.74) is 0.612. The number of halogens is 4. The summed E-state index contributed by atoms with van der Waals surface area (Å²) < 4.78 is 62.5. The van der Waals surface area contributed by atoms with Gasteiger partial charge in [-0.2, -0.15) is 18.4 Å². The molecule has 0 saturated carbocycles. The van der Waals surface area contributed by atoms with Gasteiger partial charge in [-0.3, -0.25) is 24.1 Å². The molecule has 73 heavy (non-hydrogen) atoms. The van der Waals surface area contributed by atoms with E-state index in [1.165, 1.54) is 47.3 Å². The zero-order chi connectivity index (χ0) is 52.7. The predicted octanol–water partition coefficient (Wildman–Crippen LogP) is 8.00. The molecule has 0 bridgehead atoms. The van der Waals surface area contributed by atoms with E-state index in [2.05, 4.69) is 32.3 Å². The second-order valence-corrected chi connectivity index (χ2v) is 20.4. The second kappa shape index (κ2) is 20.8. The maximum atomic E-state index is 15.5. The van der Waals surface area contributed by atoms with Crippen molar-refractivity contribution in [2.45, 2.75) is 103 Å². The Kier molecular flexibility index (Phi) is 14.9. The first-order chi connectivity index (χ1) is 34.6. The average Bonchev–Trinajstić information content (AvgIpc) is 4.12. The Morgan fingerprint density at radius 2 is 1.77 bits per heavy atom. The number of nitrogens with one attached hydrogen (secondary N) is 1. The third-order valence-corrected chi connectivity index (χ3v) is 14.8. The molecule has 4 atom stereocenters. The molecule has 21 heteroatoms. The SMILES string of the molecule is Cc1cc(C(C(=O)N2C[C@H](O)C[C@H]2C(=O)N[C@@H](CC(=O)N2CCC(C#Cc3ccc(N4C(=S)N(c5ccc(C#N)c(C(F)(F)F)c5F)C(=O)C4(C)C)cn3)CC2)c2ccc(-c3scnc3C)cc2)C(C)C)on1. The number of likely N-dealkylation sites (tertiary alicyclic amines) is 2. The molecule has 380 valence electrons. The first-order valence-electron chi connectivity index (χ1n) is 23.5. The number of β-amino-alcohol motifs (C(OH)–C–C–N with tert-alkyl or cyclic N) is 1. The van der Waals surface area contributed by atoms with Gasteiger partial charge < -0.3 is 29.6 Å². The van der Waals surface area contributed by atoms with E-state index in [1.54, 1.807) is 35.5 Å². The highest BCUT2D eigenvalue weighted by Crippen LogP contribution is 2.42. The Hall–Kier alpha value is -7.07. The molecule has 3 aliphatic rings. The number of amides is 4. The van der Waals surface area contributed by atoms with E-state index in [1.807, 2.05) is 45.0 Å². The van der Waals surface area contributed by atoms with Crippen molar-refractivity contribution in [1.82, 2.24) is 30.2 Å². The van der Waals surface area contributed by atoms with Gasteiger partial charge in [-0.1, -0.05) is 49.2 Å². The lowest BCUT2D eigenvalue weighted by Crippen LogP contribution is -2.49. The minimum Gasteiger partial charge on any atom is -0.391 e. The van der Waals surface area contributed by atoms with Crippen molar-refractivity contribution < 1.29 is 46.4 Å². The van der Waals surface area contributed by atoms with Gasteiger partial charge in [-0.15, -0.1) is 11.3 Å². The second-order valence-electron chi connectivity index (χ2n) is 19.2. The molecule has 3 aromatic heterocycles. The number of alkyl halides is 3. The Balaban J connectivity index is 0.936. The van der Waals surface area contributed by atoms with Crippen molar-refractivity contribution in [3.63, 3.8) is 0 Å². The first kappa shape index (κ1) is 52.3. The number of carbonyl (C=O) groups excluding carboxylic acids is 4. The van der Waals surface area contributed by atoms with Crippen molar-refractivity contribution >= 4 is 63.7 Å². The van der Waals surface area contributed by atoms with Crippen LogP contribution in [0, 0.1) is 54.7 Å². The first-order valence-corrected chi connectivity index (χ1v) is 24.8. The smallest absolute Gasteiger partial charge is 0.391 e. The van der Waals surface area contributed by atoms with Gasteiger partial charge in [0.1, 0.15) is 34.5 Å². The van der Waals surface area contributed by atoms with Gasteiger partial charge in [0.05, 0.1) is 69.5 Å². The number of nitrogens with zero attached hydrogens (tertiary/aromatic N) is 8. The normalized spacial score (nSPS) is 18.9. The number of pyridine rings is 1. The van der Waals surface area contributed by atoms with Crippen molar-refractivity contribution in [3.05, 3.63) is 112 Å². The molecule has 0 radical (unpaired) electrons. The summed E-state index contributed by atoms with van der Waals surface area (Å²) in [5.74, 6) is 1.99. The molecule has 6 heterocycles. The number of hydrogen-bond acceptors (Lipinski definition) is 12. The number of carbonyl (C=O) groups is 4. The highest BCUT2D eigenvalue weighted by molar-refractivity contribution is 7.81. The minimum absolute atomic E-state index is 0.0156. The lowest BCUT2D eigenvalue weighted by atomic mass is 9.91. The number of hydrogen-bond donors (Lipinski definition) is 2. The van der Waals surface area contributed by atoms with Gasteiger partial charge >= 0.3 is 6.18 Å². The Morgan fingerprint density at radius 1 is 1.05 bits per heavy atom. The molecule has 4 amide bonds. The molecular weight excluding hydrogens is 987 g/mol. The number of aliphatic hydroxyl groups excluding tert-OH is 1. The van der Waals surface area contributed by atoms with Crippen LogP contribution < -0.4 is 15.1 Å². The summed E-state index contributed by atoms with van der Waals surface area (Å²) >= 11 is 7.06. The van der Waals surface area contributed by atoms with Crippen LogP contribution in [0.4, 0.5) is 28.9 Å². The van der Waals surface area contributed by atoms with E-state index in [9.17, 15) is 42.7 Å². The summed E-state index contributed by atoms with van der Waals surface area (Å²) in [6.07, 6.45) is -3.72. The molecule has 5 aromatic rings. The van der Waals surface area contributed by atoms with Crippen molar-refractivity contribution in [3.8, 4) is 28.4 Å². The average molecular weight is 1040 g/mol. The molecule has 3 aliphatic heterocycles. The maximum absolute atomic E-state index is 15.5. The Morgan fingerprint density at radius 3 is 2.36 bits per heavy atom. The third kappa shape index (κ3) is 10.6. The molecule has 3 fully saturated rings. The van der Waals surface area contributed by atoms with Crippen LogP contribution in [-0.4, -0.2) is 96.1 Å². The van der Waals surface area contributed by atoms with Crippen LogP contribution in [0.3, 0.4) is 0 Å². The molecule has 8 rings (SSSR count). The van der Waals surface area contributed by atoms with Crippen molar-refractivity contribution in [1.29, 1.82) is 5.26 Å². The predicted molar refractivity (Wildman–Crippen MR) is 266 cm³/mol. The zero-order valence-electron chi connectivity index (χ0n) is 40.7. The fraction of sp³-hybridized carbons (Fsp3) is 0.404. The number of thiazole rings is 1. The molecule has 0 spiro atoms. The van der Waals surface area contributed by atoms with E-state index in [0.29, 0.717) is 59.2 Å². The number of benzene rings is 2. The van der Waals surface area contributed by atoms with Crippen LogP contribution in [0.15, 0.2) is 70.8 Å². The highest BCUT2D eigenvalue weighted by atomic mass is 32.1. The Labute approximate surface area is 428 Å². The van der Waals surface area contributed by atoms with Crippen LogP contribution in [0.1, 0.15) is 105 Å². The van der Waals surface area contributed by atoms with Gasteiger partial charge in [-0.25, -0.2) is 14.4 Å². The number of aliphatic hydroxyl groups is 1.